The first-order chi connectivity index (χ1) is 13.7. The van der Waals surface area contributed by atoms with Crippen LogP contribution in [0.2, 0.25) is 0 Å². The van der Waals surface area contributed by atoms with E-state index in [1.165, 1.54) is 0 Å². The molecule has 0 fully saturated rings. The number of fused-ring (bicyclic) bond motifs is 1. The molecule has 0 saturated carbocycles. The van der Waals surface area contributed by atoms with E-state index in [2.05, 4.69) is 15.5 Å². The number of methoxy groups -OCH3 is 2. The van der Waals surface area contributed by atoms with Crippen molar-refractivity contribution in [3.63, 3.8) is 0 Å². The van der Waals surface area contributed by atoms with Crippen LogP contribution in [0.4, 0.5) is 0 Å². The van der Waals surface area contributed by atoms with Crippen LogP contribution in [0.1, 0.15) is 34.6 Å². The smallest absolute Gasteiger partial charge is 0.270 e. The lowest BCUT2D eigenvalue weighted by Crippen LogP contribution is -2.21. The fourth-order valence-corrected chi connectivity index (χ4v) is 3.47. The molecule has 0 aliphatic carbocycles. The van der Waals surface area contributed by atoms with Crippen LogP contribution in [-0.2, 0) is 0 Å². The zero-order chi connectivity index (χ0) is 19.7. The number of H-pyrrole nitrogens is 1. The molecule has 1 amide bonds. The Hall–Kier alpha value is -3.48. The molecule has 7 heteroatoms. The number of rotatable bonds is 6. The van der Waals surface area contributed by atoms with Crippen molar-refractivity contribution in [1.82, 2.24) is 15.5 Å². The molecule has 0 saturated heterocycles. The average molecular weight is 379 g/mol. The number of aromatic nitrogens is 2. The highest BCUT2D eigenvalue weighted by atomic mass is 16.5. The number of amides is 1. The van der Waals surface area contributed by atoms with Crippen molar-refractivity contribution in [2.24, 2.45) is 0 Å². The Bertz CT molecular complexity index is 1010. The molecule has 1 unspecified atom stereocenters. The van der Waals surface area contributed by atoms with Gasteiger partial charge in [-0.1, -0.05) is 0 Å². The minimum atomic E-state index is -0.372. The third-order valence-corrected chi connectivity index (χ3v) is 4.79. The third-order valence-electron chi connectivity index (χ3n) is 4.79. The highest BCUT2D eigenvalue weighted by molar-refractivity contribution is 6.00. The maximum absolute atomic E-state index is 12.5. The fourth-order valence-electron chi connectivity index (χ4n) is 3.47. The van der Waals surface area contributed by atoms with Gasteiger partial charge in [0.25, 0.3) is 5.91 Å². The SMILES string of the molecule is CCOc1ccc(-c2n[nH]c3c2C(c2ccc(OC)cc2OC)NC3=O)cc1. The van der Waals surface area contributed by atoms with Crippen LogP contribution >= 0.6 is 0 Å². The zero-order valence-electron chi connectivity index (χ0n) is 15.9. The number of ether oxygens (including phenoxy) is 3. The van der Waals surface area contributed by atoms with Crippen LogP contribution in [0.3, 0.4) is 0 Å². The number of hydrogen-bond acceptors (Lipinski definition) is 5. The average Bonchev–Trinajstić information content (AvgIpc) is 3.30. The molecule has 2 aromatic carbocycles. The van der Waals surface area contributed by atoms with Crippen LogP contribution in [0.25, 0.3) is 11.3 Å². The van der Waals surface area contributed by atoms with Crippen LogP contribution < -0.4 is 19.5 Å². The summed E-state index contributed by atoms with van der Waals surface area (Å²) < 4.78 is 16.3. The molecule has 144 valence electrons. The van der Waals surface area contributed by atoms with Gasteiger partial charge in [-0.05, 0) is 43.3 Å². The molecular formula is C21H21N3O4. The van der Waals surface area contributed by atoms with Crippen LogP contribution in [0.5, 0.6) is 17.2 Å². The van der Waals surface area contributed by atoms with Gasteiger partial charge in [0.2, 0.25) is 0 Å². The monoisotopic (exact) mass is 379 g/mol. The number of carbonyl (C=O) groups excluding carboxylic acids is 1. The number of nitrogens with one attached hydrogen (secondary N) is 2. The fraction of sp³-hybridized carbons (Fsp3) is 0.238. The summed E-state index contributed by atoms with van der Waals surface area (Å²) in [5, 5.41) is 10.3. The molecule has 0 radical (unpaired) electrons. The maximum Gasteiger partial charge on any atom is 0.270 e. The molecule has 2 heterocycles. The van der Waals surface area contributed by atoms with Gasteiger partial charge < -0.3 is 19.5 Å². The summed E-state index contributed by atoms with van der Waals surface area (Å²) in [6.07, 6.45) is 0. The first kappa shape index (κ1) is 17.9. The molecule has 1 aliphatic rings. The molecular weight excluding hydrogens is 358 g/mol. The standard InChI is InChI=1S/C21H21N3O4/c1-4-28-13-7-5-12(6-8-13)18-17-19(22-21(25)20(17)24-23-18)15-10-9-14(26-2)11-16(15)27-3/h5-11,19H,4H2,1-3H3,(H,22,25)(H,23,24). The summed E-state index contributed by atoms with van der Waals surface area (Å²) in [6, 6.07) is 12.8. The van der Waals surface area contributed by atoms with E-state index in [4.69, 9.17) is 14.2 Å². The number of aromatic amines is 1. The van der Waals surface area contributed by atoms with Crippen molar-refractivity contribution in [3.05, 3.63) is 59.3 Å². The topological polar surface area (TPSA) is 85.5 Å². The Kier molecular flexibility index (Phi) is 4.65. The predicted octanol–water partition coefficient (Wildman–Crippen LogP) is 3.33. The van der Waals surface area contributed by atoms with Gasteiger partial charge in [0.1, 0.15) is 22.9 Å². The van der Waals surface area contributed by atoms with Gasteiger partial charge in [0.05, 0.1) is 32.6 Å². The summed E-state index contributed by atoms with van der Waals surface area (Å²) in [4.78, 5) is 12.5. The quantitative estimate of drug-likeness (QED) is 0.686. The van der Waals surface area contributed by atoms with Gasteiger partial charge in [-0.2, -0.15) is 5.10 Å². The van der Waals surface area contributed by atoms with E-state index in [9.17, 15) is 4.79 Å². The van der Waals surface area contributed by atoms with Gasteiger partial charge in [-0.25, -0.2) is 0 Å². The highest BCUT2D eigenvalue weighted by Gasteiger charge is 2.37. The number of carbonyl (C=O) groups is 1. The molecule has 1 aromatic heterocycles. The highest BCUT2D eigenvalue weighted by Crippen LogP contribution is 2.41. The Balaban J connectivity index is 1.78. The Morgan fingerprint density at radius 2 is 1.79 bits per heavy atom. The minimum absolute atomic E-state index is 0.192. The van der Waals surface area contributed by atoms with Crippen molar-refractivity contribution in [2.45, 2.75) is 13.0 Å². The van der Waals surface area contributed by atoms with Gasteiger partial charge >= 0.3 is 0 Å². The Morgan fingerprint density at radius 3 is 2.46 bits per heavy atom. The zero-order valence-corrected chi connectivity index (χ0v) is 15.9. The number of benzene rings is 2. The van der Waals surface area contributed by atoms with Gasteiger partial charge in [0, 0.05) is 22.8 Å². The van der Waals surface area contributed by atoms with E-state index in [1.807, 2.05) is 43.3 Å². The molecule has 4 rings (SSSR count). The summed E-state index contributed by atoms with van der Waals surface area (Å²) in [5.41, 5.74) is 3.72. The van der Waals surface area contributed by atoms with Crippen molar-refractivity contribution >= 4 is 5.91 Å². The largest absolute Gasteiger partial charge is 0.497 e. The molecule has 28 heavy (non-hydrogen) atoms. The summed E-state index contributed by atoms with van der Waals surface area (Å²) in [6.45, 7) is 2.55. The lowest BCUT2D eigenvalue weighted by Gasteiger charge is -2.17. The van der Waals surface area contributed by atoms with Crippen LogP contribution in [0.15, 0.2) is 42.5 Å². The second-order valence-electron chi connectivity index (χ2n) is 6.33. The van der Waals surface area contributed by atoms with Gasteiger partial charge in [0.15, 0.2) is 0 Å². The van der Waals surface area contributed by atoms with E-state index in [1.54, 1.807) is 20.3 Å². The second kappa shape index (κ2) is 7.26. The van der Waals surface area contributed by atoms with E-state index in [0.717, 1.165) is 28.1 Å². The minimum Gasteiger partial charge on any atom is -0.497 e. The summed E-state index contributed by atoms with van der Waals surface area (Å²) in [7, 11) is 3.20. The van der Waals surface area contributed by atoms with E-state index in [-0.39, 0.29) is 11.9 Å². The second-order valence-corrected chi connectivity index (χ2v) is 6.33. The Labute approximate surface area is 162 Å². The van der Waals surface area contributed by atoms with Crippen LogP contribution in [-0.4, -0.2) is 36.9 Å². The van der Waals surface area contributed by atoms with Gasteiger partial charge in [-0.15, -0.1) is 0 Å². The summed E-state index contributed by atoms with van der Waals surface area (Å²) >= 11 is 0. The molecule has 1 atom stereocenters. The van der Waals surface area contributed by atoms with Crippen molar-refractivity contribution < 1.29 is 19.0 Å². The lowest BCUT2D eigenvalue weighted by atomic mass is 9.96. The maximum atomic E-state index is 12.5. The van der Waals surface area contributed by atoms with Crippen molar-refractivity contribution in [3.8, 4) is 28.5 Å². The normalized spacial score (nSPS) is 15.1. The molecule has 0 bridgehead atoms. The molecule has 1 aliphatic heterocycles. The molecule has 0 spiro atoms. The van der Waals surface area contributed by atoms with E-state index >= 15 is 0 Å². The first-order valence-electron chi connectivity index (χ1n) is 9.00. The van der Waals surface area contributed by atoms with Crippen molar-refractivity contribution in [1.29, 1.82) is 0 Å². The number of nitrogens with zero attached hydrogens (tertiary/aromatic N) is 1. The summed E-state index contributed by atoms with van der Waals surface area (Å²) in [5.74, 6) is 1.92. The van der Waals surface area contributed by atoms with E-state index in [0.29, 0.717) is 23.8 Å². The predicted molar refractivity (Wildman–Crippen MR) is 104 cm³/mol. The molecule has 3 aromatic rings. The molecule has 2 N–H and O–H groups in total. The third kappa shape index (κ3) is 2.94. The van der Waals surface area contributed by atoms with E-state index < -0.39 is 0 Å². The molecule has 7 nitrogen and oxygen atoms in total. The first-order valence-corrected chi connectivity index (χ1v) is 9.00. The van der Waals surface area contributed by atoms with Crippen LogP contribution in [0, 0.1) is 0 Å². The lowest BCUT2D eigenvalue weighted by molar-refractivity contribution is 0.0955. The van der Waals surface area contributed by atoms with Crippen molar-refractivity contribution in [2.75, 3.05) is 20.8 Å². The number of hydrogen-bond donors (Lipinski definition) is 2. The Morgan fingerprint density at radius 1 is 1.04 bits per heavy atom. The van der Waals surface area contributed by atoms with Gasteiger partial charge in [-0.3, -0.25) is 9.89 Å².